The molecule has 38 heavy (non-hydrogen) atoms. The van der Waals surface area contributed by atoms with Gasteiger partial charge in [-0.25, -0.2) is 0 Å². The van der Waals surface area contributed by atoms with Crippen LogP contribution in [0.2, 0.25) is 0 Å². The van der Waals surface area contributed by atoms with E-state index in [0.717, 1.165) is 37.0 Å². The highest BCUT2D eigenvalue weighted by Crippen LogP contribution is 2.45. The van der Waals surface area contributed by atoms with Gasteiger partial charge in [0, 0.05) is 12.2 Å². The molecule has 1 aliphatic carbocycles. The van der Waals surface area contributed by atoms with Gasteiger partial charge < -0.3 is 13.9 Å². The van der Waals surface area contributed by atoms with Gasteiger partial charge in [0.05, 0.1) is 14.2 Å². The maximum atomic E-state index is 15.3. The first-order valence-corrected chi connectivity index (χ1v) is 13.9. The Morgan fingerprint density at radius 2 is 1.08 bits per heavy atom. The van der Waals surface area contributed by atoms with E-state index in [1.54, 1.807) is 0 Å². The van der Waals surface area contributed by atoms with E-state index in [9.17, 15) is 4.79 Å². The van der Waals surface area contributed by atoms with Gasteiger partial charge in [-0.15, -0.1) is 0 Å². The van der Waals surface area contributed by atoms with Crippen molar-refractivity contribution in [3.05, 3.63) is 113 Å². The number of benzene rings is 3. The molecule has 1 aliphatic rings. The van der Waals surface area contributed by atoms with Crippen LogP contribution in [0.4, 0.5) is 13.2 Å². The number of methoxy groups -OCH3 is 2. The number of hydrogen-bond donors (Lipinski definition) is 0. The molecule has 0 N–H and O–H groups in total. The third-order valence-corrected chi connectivity index (χ3v) is 10.8. The number of alkyl halides is 3. The minimum absolute atomic E-state index is 0.470. The molecule has 0 saturated carbocycles. The summed E-state index contributed by atoms with van der Waals surface area (Å²) in [4.78, 5) is 12.5. The number of ether oxygens (including phenoxy) is 2. The van der Waals surface area contributed by atoms with Gasteiger partial charge in [-0.05, 0) is 36.3 Å². The number of hydrogen-bond acceptors (Lipinski definition) is 4. The molecule has 0 spiro atoms. The van der Waals surface area contributed by atoms with Gasteiger partial charge in [0.2, 0.25) is 11.4 Å². The first-order chi connectivity index (χ1) is 18.0. The molecule has 0 radical (unpaired) electrons. The zero-order chi connectivity index (χ0) is 27.7. The van der Waals surface area contributed by atoms with Crippen LogP contribution in [0.5, 0.6) is 0 Å². The molecule has 1 atom stereocenters. The molecule has 0 aliphatic heterocycles. The summed E-state index contributed by atoms with van der Waals surface area (Å²) in [5.74, 6) is -1.86. The van der Waals surface area contributed by atoms with Gasteiger partial charge in [-0.1, -0.05) is 89.5 Å². The van der Waals surface area contributed by atoms with E-state index < -0.39 is 37.4 Å². The molecule has 1 unspecified atom stereocenters. The molecule has 4 nitrogen and oxygen atoms in total. The van der Waals surface area contributed by atoms with E-state index in [1.165, 1.54) is 0 Å². The molecule has 0 heterocycles. The van der Waals surface area contributed by atoms with E-state index in [0.29, 0.717) is 21.6 Å². The summed E-state index contributed by atoms with van der Waals surface area (Å²) < 4.78 is 62.8. The van der Waals surface area contributed by atoms with Crippen LogP contribution in [0.15, 0.2) is 96.5 Å². The van der Waals surface area contributed by atoms with Crippen LogP contribution in [-0.2, 0) is 18.7 Å². The molecule has 8 heteroatoms. The Morgan fingerprint density at radius 1 is 0.684 bits per heavy atom. The molecule has 198 valence electrons. The minimum Gasteiger partial charge on any atom is -0.497 e. The van der Waals surface area contributed by atoms with Crippen molar-refractivity contribution in [1.82, 2.24) is 0 Å². The lowest BCUT2D eigenvalue weighted by Crippen LogP contribution is -2.74. The van der Waals surface area contributed by atoms with E-state index in [4.69, 9.17) is 13.9 Å². The number of carbonyl (C=O) groups is 1. The van der Waals surface area contributed by atoms with Gasteiger partial charge in [0.25, 0.3) is 8.32 Å². The molecule has 4 rings (SSSR count). The van der Waals surface area contributed by atoms with Crippen molar-refractivity contribution in [2.24, 2.45) is 0 Å². The monoisotopic (exact) mass is 538 g/mol. The molecule has 0 bridgehead atoms. The Morgan fingerprint density at radius 3 is 1.39 bits per heavy atom. The maximum Gasteiger partial charge on any atom is 0.427 e. The summed E-state index contributed by atoms with van der Waals surface area (Å²) in [6.07, 6.45) is -3.50. The normalized spacial score (nSPS) is 18.1. The lowest BCUT2D eigenvalue weighted by Gasteiger charge is -2.44. The van der Waals surface area contributed by atoms with E-state index >= 15 is 13.2 Å². The third kappa shape index (κ3) is 4.70. The first kappa shape index (κ1) is 27.4. The summed E-state index contributed by atoms with van der Waals surface area (Å²) in [5.41, 5.74) is -0.222. The lowest BCUT2D eigenvalue weighted by molar-refractivity contribution is -0.228. The average Bonchev–Trinajstić information content (AvgIpc) is 2.89. The van der Waals surface area contributed by atoms with E-state index in [2.05, 4.69) is 0 Å². The Bertz CT molecular complexity index is 1260. The average molecular weight is 539 g/mol. The predicted molar refractivity (Wildman–Crippen MR) is 143 cm³/mol. The second kappa shape index (κ2) is 10.3. The zero-order valence-corrected chi connectivity index (χ0v) is 22.8. The topological polar surface area (TPSA) is 44.8 Å². The van der Waals surface area contributed by atoms with Crippen LogP contribution < -0.4 is 15.6 Å². The second-order valence-corrected chi connectivity index (χ2v) is 12.7. The van der Waals surface area contributed by atoms with Crippen molar-refractivity contribution in [2.75, 3.05) is 14.2 Å². The number of rotatable bonds is 7. The van der Waals surface area contributed by atoms with Crippen LogP contribution in [-0.4, -0.2) is 40.1 Å². The fourth-order valence-electron chi connectivity index (χ4n) is 4.64. The zero-order valence-electron chi connectivity index (χ0n) is 21.8. The highest BCUT2D eigenvalue weighted by molar-refractivity contribution is 7.07. The quantitative estimate of drug-likeness (QED) is 0.327. The molecule has 0 saturated heterocycles. The van der Waals surface area contributed by atoms with Crippen molar-refractivity contribution in [3.63, 3.8) is 0 Å². The van der Waals surface area contributed by atoms with Crippen molar-refractivity contribution < 1.29 is 31.9 Å². The van der Waals surface area contributed by atoms with Gasteiger partial charge in [-0.3, -0.25) is 4.79 Å². The lowest BCUT2D eigenvalue weighted by atomic mass is 9.93. The molecule has 3 aromatic carbocycles. The SMILES string of the molecule is COC1=CC(O[Si](c2ccc(C)cc2)(c2ccc(C)cc2)c2ccc(C)cc2)(C(F)(F)F)C(OC)=CC1=O. The van der Waals surface area contributed by atoms with Crippen molar-refractivity contribution in [2.45, 2.75) is 32.5 Å². The highest BCUT2D eigenvalue weighted by Gasteiger charge is 2.65. The molecular weight excluding hydrogens is 509 g/mol. The number of halogens is 3. The van der Waals surface area contributed by atoms with Gasteiger partial charge >= 0.3 is 6.18 Å². The number of carbonyl (C=O) groups excluding carboxylic acids is 1. The third-order valence-electron chi connectivity index (χ3n) is 6.75. The van der Waals surface area contributed by atoms with E-state index in [-0.39, 0.29) is 0 Å². The Kier molecular flexibility index (Phi) is 7.41. The molecule has 0 amide bonds. The fourth-order valence-corrected chi connectivity index (χ4v) is 8.66. The number of aryl methyl sites for hydroxylation is 3. The molecule has 3 aromatic rings. The Hall–Kier alpha value is -3.62. The Balaban J connectivity index is 2.14. The Labute approximate surface area is 221 Å². The summed E-state index contributed by atoms with van der Waals surface area (Å²) in [5, 5.41) is 1.83. The first-order valence-electron chi connectivity index (χ1n) is 12.0. The van der Waals surface area contributed by atoms with Crippen molar-refractivity contribution in [1.29, 1.82) is 0 Å². The fraction of sp³-hybridized carbons (Fsp3) is 0.233. The van der Waals surface area contributed by atoms with Crippen LogP contribution in [0.25, 0.3) is 0 Å². The second-order valence-electron chi connectivity index (χ2n) is 9.40. The van der Waals surface area contributed by atoms with Crippen LogP contribution >= 0.6 is 0 Å². The summed E-state index contributed by atoms with van der Waals surface area (Å²) in [6.45, 7) is 5.73. The predicted octanol–water partition coefficient (Wildman–Crippen LogP) is 4.54. The molecule has 0 aromatic heterocycles. The van der Waals surface area contributed by atoms with Gasteiger partial charge in [0.1, 0.15) is 5.76 Å². The number of ketones is 1. The summed E-state index contributed by atoms with van der Waals surface area (Å²) >= 11 is 0. The summed E-state index contributed by atoms with van der Waals surface area (Å²) in [6, 6.07) is 22.0. The van der Waals surface area contributed by atoms with Gasteiger partial charge in [0.15, 0.2) is 5.76 Å². The van der Waals surface area contributed by atoms with Crippen molar-refractivity contribution >= 4 is 29.7 Å². The maximum absolute atomic E-state index is 15.3. The van der Waals surface area contributed by atoms with Crippen LogP contribution in [0.3, 0.4) is 0 Å². The van der Waals surface area contributed by atoms with Gasteiger partial charge in [-0.2, -0.15) is 13.2 Å². The van der Waals surface area contributed by atoms with Crippen molar-refractivity contribution in [3.8, 4) is 0 Å². The van der Waals surface area contributed by atoms with E-state index in [1.807, 2.05) is 93.6 Å². The smallest absolute Gasteiger partial charge is 0.427 e. The molecular formula is C30H29F3O4Si. The highest BCUT2D eigenvalue weighted by atomic mass is 28.4. The number of allylic oxidation sites excluding steroid dienone is 1. The van der Waals surface area contributed by atoms with Crippen LogP contribution in [0.1, 0.15) is 16.7 Å². The summed E-state index contributed by atoms with van der Waals surface area (Å²) in [7, 11) is -1.68. The standard InChI is InChI=1S/C30H29F3O4Si/c1-20-6-12-23(13-7-20)38(24-14-8-21(2)9-15-24,25-16-10-22(3)11-17-25)37-29(30(31,32)33)19-27(35-4)26(34)18-28(29)36-5/h6-19H,1-5H3. The van der Waals surface area contributed by atoms with Crippen LogP contribution in [0, 0.1) is 20.8 Å². The molecule has 0 fully saturated rings. The largest absolute Gasteiger partial charge is 0.497 e. The minimum atomic E-state index is -5.00.